The summed E-state index contributed by atoms with van der Waals surface area (Å²) >= 11 is 0. The van der Waals surface area contributed by atoms with Crippen molar-refractivity contribution in [1.29, 1.82) is 0 Å². The Hall–Kier alpha value is -2.49. The Morgan fingerprint density at radius 2 is 1.88 bits per heavy atom. The number of hydrogen-bond donors (Lipinski definition) is 1. The predicted octanol–water partition coefficient (Wildman–Crippen LogP) is 3.95. The first-order valence-electron chi connectivity index (χ1n) is 8.42. The number of carbonyl (C=O) groups is 1. The number of hydrogen-bond acceptors (Lipinski definition) is 3. The highest BCUT2D eigenvalue weighted by Gasteiger charge is 2.18. The molecule has 1 saturated carbocycles. The van der Waals surface area contributed by atoms with Gasteiger partial charge in [-0.1, -0.05) is 31.0 Å². The summed E-state index contributed by atoms with van der Waals surface area (Å²) in [5.41, 5.74) is 1.51. The van der Waals surface area contributed by atoms with Crippen molar-refractivity contribution in [2.45, 2.75) is 38.3 Å². The maximum atomic E-state index is 12.4. The standard InChI is InChI=1S/C20H23NO3/c1-23-19-12-11-15(20(22)21-17-7-5-6-8-17)13-16(19)14-24-18-9-3-2-4-10-18/h2-4,9-13,17H,5-8,14H2,1H3,(H,21,22). The monoisotopic (exact) mass is 325 g/mol. The van der Waals surface area contributed by atoms with Crippen LogP contribution in [0, 0.1) is 0 Å². The van der Waals surface area contributed by atoms with Crippen LogP contribution in [0.25, 0.3) is 0 Å². The summed E-state index contributed by atoms with van der Waals surface area (Å²) in [4.78, 5) is 12.4. The largest absolute Gasteiger partial charge is 0.496 e. The molecule has 2 aromatic carbocycles. The maximum absolute atomic E-state index is 12.4. The van der Waals surface area contributed by atoms with Crippen molar-refractivity contribution in [1.82, 2.24) is 5.32 Å². The van der Waals surface area contributed by atoms with E-state index in [-0.39, 0.29) is 5.91 Å². The molecule has 1 N–H and O–H groups in total. The number of rotatable bonds is 6. The Bertz CT molecular complexity index is 679. The van der Waals surface area contributed by atoms with Crippen molar-refractivity contribution >= 4 is 5.91 Å². The molecule has 0 spiro atoms. The second-order valence-corrected chi connectivity index (χ2v) is 6.08. The van der Waals surface area contributed by atoms with Crippen molar-refractivity contribution in [3.63, 3.8) is 0 Å². The van der Waals surface area contributed by atoms with Gasteiger partial charge in [0.2, 0.25) is 0 Å². The third-order valence-corrected chi connectivity index (χ3v) is 4.37. The first-order valence-corrected chi connectivity index (χ1v) is 8.42. The molecule has 1 fully saturated rings. The molecule has 0 heterocycles. The van der Waals surface area contributed by atoms with Crippen molar-refractivity contribution < 1.29 is 14.3 Å². The number of ether oxygens (including phenoxy) is 2. The van der Waals surface area contributed by atoms with Crippen LogP contribution in [-0.4, -0.2) is 19.1 Å². The van der Waals surface area contributed by atoms with Gasteiger partial charge in [0.1, 0.15) is 18.1 Å². The minimum atomic E-state index is -0.0227. The average molecular weight is 325 g/mol. The molecule has 0 aliphatic heterocycles. The van der Waals surface area contributed by atoms with Gasteiger partial charge >= 0.3 is 0 Å². The van der Waals surface area contributed by atoms with Crippen LogP contribution < -0.4 is 14.8 Å². The first-order chi connectivity index (χ1) is 11.8. The molecule has 2 aromatic rings. The summed E-state index contributed by atoms with van der Waals surface area (Å²) < 4.78 is 11.2. The molecule has 4 nitrogen and oxygen atoms in total. The Balaban J connectivity index is 1.71. The highest BCUT2D eigenvalue weighted by molar-refractivity contribution is 5.94. The normalized spacial score (nSPS) is 14.4. The van der Waals surface area contributed by atoms with Crippen LogP contribution in [0.15, 0.2) is 48.5 Å². The summed E-state index contributed by atoms with van der Waals surface area (Å²) in [7, 11) is 1.62. The van der Waals surface area contributed by atoms with Gasteiger partial charge in [-0.15, -0.1) is 0 Å². The predicted molar refractivity (Wildman–Crippen MR) is 93.5 cm³/mol. The van der Waals surface area contributed by atoms with Crippen LogP contribution in [0.2, 0.25) is 0 Å². The highest BCUT2D eigenvalue weighted by atomic mass is 16.5. The molecule has 0 saturated heterocycles. The van der Waals surface area contributed by atoms with Gasteiger partial charge < -0.3 is 14.8 Å². The average Bonchev–Trinajstić information content (AvgIpc) is 3.13. The van der Waals surface area contributed by atoms with Crippen molar-refractivity contribution in [2.24, 2.45) is 0 Å². The van der Waals surface area contributed by atoms with Crippen LogP contribution in [-0.2, 0) is 6.61 Å². The molecule has 24 heavy (non-hydrogen) atoms. The Labute approximate surface area is 142 Å². The van der Waals surface area contributed by atoms with Gasteiger partial charge in [0.05, 0.1) is 7.11 Å². The van der Waals surface area contributed by atoms with Crippen LogP contribution in [0.1, 0.15) is 41.6 Å². The summed E-state index contributed by atoms with van der Waals surface area (Å²) in [6.45, 7) is 0.359. The molecule has 0 radical (unpaired) electrons. The second kappa shape index (κ2) is 7.86. The van der Waals surface area contributed by atoms with Gasteiger partial charge in [0, 0.05) is 17.2 Å². The molecular formula is C20H23NO3. The lowest BCUT2D eigenvalue weighted by Crippen LogP contribution is -2.32. The minimum Gasteiger partial charge on any atom is -0.496 e. The molecule has 3 rings (SSSR count). The molecular weight excluding hydrogens is 302 g/mol. The van der Waals surface area contributed by atoms with Crippen LogP contribution in [0.3, 0.4) is 0 Å². The van der Waals surface area contributed by atoms with Gasteiger partial charge in [-0.25, -0.2) is 0 Å². The summed E-state index contributed by atoms with van der Waals surface area (Å²) in [6.07, 6.45) is 4.55. The van der Waals surface area contributed by atoms with Gasteiger partial charge in [-0.2, -0.15) is 0 Å². The van der Waals surface area contributed by atoms with E-state index in [0.29, 0.717) is 18.2 Å². The van der Waals surface area contributed by atoms with Crippen LogP contribution in [0.5, 0.6) is 11.5 Å². The van der Waals surface area contributed by atoms with E-state index in [1.807, 2.05) is 42.5 Å². The molecule has 1 aliphatic rings. The molecule has 0 bridgehead atoms. The fraction of sp³-hybridized carbons (Fsp3) is 0.350. The second-order valence-electron chi connectivity index (χ2n) is 6.08. The number of methoxy groups -OCH3 is 1. The van der Waals surface area contributed by atoms with E-state index in [2.05, 4.69) is 5.32 Å². The lowest BCUT2D eigenvalue weighted by atomic mass is 10.1. The van der Waals surface area contributed by atoms with Crippen LogP contribution >= 0.6 is 0 Å². The van der Waals surface area contributed by atoms with Gasteiger partial charge in [-0.3, -0.25) is 4.79 Å². The third kappa shape index (κ3) is 4.07. The number of carbonyl (C=O) groups excluding carboxylic acids is 1. The minimum absolute atomic E-state index is 0.0227. The van der Waals surface area contributed by atoms with E-state index in [1.165, 1.54) is 12.8 Å². The Kier molecular flexibility index (Phi) is 5.36. The van der Waals surface area contributed by atoms with Crippen LogP contribution in [0.4, 0.5) is 0 Å². The van der Waals surface area contributed by atoms with E-state index in [4.69, 9.17) is 9.47 Å². The first kappa shape index (κ1) is 16.4. The number of nitrogens with one attached hydrogen (secondary N) is 1. The zero-order valence-electron chi connectivity index (χ0n) is 14.0. The van der Waals surface area contributed by atoms with E-state index in [0.717, 1.165) is 29.9 Å². The smallest absolute Gasteiger partial charge is 0.251 e. The molecule has 1 amide bonds. The lowest BCUT2D eigenvalue weighted by molar-refractivity contribution is 0.0937. The van der Waals surface area contributed by atoms with Crippen molar-refractivity contribution in [3.05, 3.63) is 59.7 Å². The lowest BCUT2D eigenvalue weighted by Gasteiger charge is -2.14. The molecule has 0 aromatic heterocycles. The molecule has 0 atom stereocenters. The summed E-state index contributed by atoms with van der Waals surface area (Å²) in [5, 5.41) is 3.11. The maximum Gasteiger partial charge on any atom is 0.251 e. The molecule has 1 aliphatic carbocycles. The van der Waals surface area contributed by atoms with E-state index >= 15 is 0 Å². The Morgan fingerprint density at radius 3 is 2.58 bits per heavy atom. The SMILES string of the molecule is COc1ccc(C(=O)NC2CCCC2)cc1COc1ccccc1. The molecule has 0 unspecified atom stereocenters. The fourth-order valence-electron chi connectivity index (χ4n) is 3.05. The van der Waals surface area contributed by atoms with Gasteiger partial charge in [0.25, 0.3) is 5.91 Å². The number of benzene rings is 2. The Morgan fingerprint density at radius 1 is 1.12 bits per heavy atom. The van der Waals surface area contributed by atoms with Gasteiger partial charge in [-0.05, 0) is 43.2 Å². The number of amides is 1. The summed E-state index contributed by atoms with van der Waals surface area (Å²) in [5.74, 6) is 1.49. The quantitative estimate of drug-likeness (QED) is 0.875. The fourth-order valence-corrected chi connectivity index (χ4v) is 3.05. The number of para-hydroxylation sites is 1. The topological polar surface area (TPSA) is 47.6 Å². The zero-order valence-corrected chi connectivity index (χ0v) is 14.0. The third-order valence-electron chi connectivity index (χ3n) is 4.37. The van der Waals surface area contributed by atoms with Gasteiger partial charge in [0.15, 0.2) is 0 Å². The highest BCUT2D eigenvalue weighted by Crippen LogP contribution is 2.23. The van der Waals surface area contributed by atoms with Crippen molar-refractivity contribution in [3.8, 4) is 11.5 Å². The van der Waals surface area contributed by atoms with E-state index in [1.54, 1.807) is 13.2 Å². The van der Waals surface area contributed by atoms with E-state index < -0.39 is 0 Å². The molecule has 4 heteroatoms. The van der Waals surface area contributed by atoms with E-state index in [9.17, 15) is 4.79 Å². The van der Waals surface area contributed by atoms with Crippen molar-refractivity contribution in [2.75, 3.05) is 7.11 Å². The zero-order chi connectivity index (χ0) is 16.8. The molecule has 126 valence electrons. The summed E-state index contributed by atoms with van der Waals surface area (Å²) in [6, 6.07) is 15.4.